The van der Waals surface area contributed by atoms with Crippen LogP contribution in [0, 0.1) is 34.5 Å². The topological polar surface area (TPSA) is 117 Å². The number of carbonyl (C=O) groups excluding carboxylic acids is 3. The van der Waals surface area contributed by atoms with Crippen LogP contribution in [0.5, 0.6) is 0 Å². The molecule has 0 aromatic rings. The molecule has 1 saturated heterocycles. The monoisotopic (exact) mass is 571 g/mol. The van der Waals surface area contributed by atoms with E-state index >= 15 is 0 Å². The first-order chi connectivity index (χ1) is 19.5. The van der Waals surface area contributed by atoms with Crippen molar-refractivity contribution in [3.63, 3.8) is 0 Å². The van der Waals surface area contributed by atoms with E-state index in [1.54, 1.807) is 6.08 Å². The molecule has 0 unspecified atom stereocenters. The van der Waals surface area contributed by atoms with Crippen LogP contribution in [0.2, 0.25) is 0 Å². The van der Waals surface area contributed by atoms with Gasteiger partial charge >= 0.3 is 18.0 Å². The Labute approximate surface area is 244 Å². The highest BCUT2D eigenvalue weighted by Gasteiger charge is 2.71. The average molecular weight is 572 g/mol. The van der Waals surface area contributed by atoms with Crippen LogP contribution in [0.25, 0.3) is 0 Å². The van der Waals surface area contributed by atoms with E-state index in [1.807, 2.05) is 0 Å². The number of hydrogen-bond acceptors (Lipinski definition) is 7. The molecule has 9 atom stereocenters. The lowest BCUT2D eigenvalue weighted by Gasteiger charge is -2.63. The molecule has 5 fully saturated rings. The first kappa shape index (κ1) is 29.0. The van der Waals surface area contributed by atoms with Crippen LogP contribution in [0.4, 0.5) is 4.79 Å². The van der Waals surface area contributed by atoms with Crippen molar-refractivity contribution in [3.05, 3.63) is 11.6 Å². The minimum atomic E-state index is -0.981. The van der Waals surface area contributed by atoms with Gasteiger partial charge in [-0.25, -0.2) is 9.59 Å². The van der Waals surface area contributed by atoms with Gasteiger partial charge in [0.2, 0.25) is 0 Å². The van der Waals surface area contributed by atoms with Crippen LogP contribution in [-0.2, 0) is 19.1 Å². The number of cyclic esters (lactones) is 1. The molecule has 4 saturated carbocycles. The predicted molar refractivity (Wildman–Crippen MR) is 153 cm³/mol. The van der Waals surface area contributed by atoms with Crippen molar-refractivity contribution in [2.24, 2.45) is 34.5 Å². The van der Waals surface area contributed by atoms with E-state index < -0.39 is 17.1 Å². The van der Waals surface area contributed by atoms with Gasteiger partial charge < -0.3 is 30.1 Å². The van der Waals surface area contributed by atoms with E-state index in [4.69, 9.17) is 9.47 Å². The second-order valence-corrected chi connectivity index (χ2v) is 14.5. The van der Waals surface area contributed by atoms with Crippen molar-refractivity contribution in [3.8, 4) is 0 Å². The largest absolute Gasteiger partial charge is 0.462 e. The lowest BCUT2D eigenvalue weighted by atomic mass is 9.43. The van der Waals surface area contributed by atoms with Crippen molar-refractivity contribution in [2.45, 2.75) is 103 Å². The smallest absolute Gasteiger partial charge is 0.331 e. The molecule has 0 bridgehead atoms. The van der Waals surface area contributed by atoms with Crippen molar-refractivity contribution in [1.82, 2.24) is 15.5 Å². The number of nitrogens with zero attached hydrogens (tertiary/aromatic N) is 1. The van der Waals surface area contributed by atoms with Crippen LogP contribution in [0.1, 0.15) is 85.0 Å². The number of likely N-dealkylation sites (tertiary alicyclic amines) is 1. The maximum absolute atomic E-state index is 12.7. The number of urea groups is 1. The Bertz CT molecular complexity index is 1090. The first-order valence-corrected chi connectivity index (χ1v) is 16.1. The summed E-state index contributed by atoms with van der Waals surface area (Å²) >= 11 is 0. The number of carbonyl (C=O) groups is 3. The van der Waals surface area contributed by atoms with Gasteiger partial charge in [-0.1, -0.05) is 13.8 Å². The summed E-state index contributed by atoms with van der Waals surface area (Å²) in [6, 6.07) is 0.135. The van der Waals surface area contributed by atoms with Crippen LogP contribution in [-0.4, -0.2) is 78.5 Å². The van der Waals surface area contributed by atoms with Crippen molar-refractivity contribution < 1.29 is 29.0 Å². The number of aliphatic hydroxyl groups is 1. The highest BCUT2D eigenvalue weighted by atomic mass is 16.5. The normalized spacial score (nSPS) is 43.8. The second-order valence-electron chi connectivity index (χ2n) is 14.5. The third-order valence-corrected chi connectivity index (χ3v) is 12.5. The van der Waals surface area contributed by atoms with Crippen LogP contribution in [0.15, 0.2) is 11.6 Å². The van der Waals surface area contributed by atoms with Gasteiger partial charge in [-0.3, -0.25) is 4.79 Å². The Hall–Kier alpha value is -2.13. The summed E-state index contributed by atoms with van der Waals surface area (Å²) in [6.45, 7) is 10.1. The Morgan fingerprint density at radius 1 is 1.12 bits per heavy atom. The van der Waals surface area contributed by atoms with Crippen molar-refractivity contribution >= 4 is 18.0 Å². The summed E-state index contributed by atoms with van der Waals surface area (Å²) in [5.74, 6) is 0.0655. The van der Waals surface area contributed by atoms with E-state index in [-0.39, 0.29) is 47.9 Å². The molecule has 0 aromatic heterocycles. The molecular weight excluding hydrogens is 522 g/mol. The fourth-order valence-electron chi connectivity index (χ4n) is 10.5. The zero-order valence-corrected chi connectivity index (χ0v) is 25.1. The van der Waals surface area contributed by atoms with Gasteiger partial charge in [0, 0.05) is 49.9 Å². The van der Waals surface area contributed by atoms with Gasteiger partial charge in [0.1, 0.15) is 12.7 Å². The molecule has 9 nitrogen and oxygen atoms in total. The molecule has 41 heavy (non-hydrogen) atoms. The highest BCUT2D eigenvalue weighted by Crippen LogP contribution is 2.70. The van der Waals surface area contributed by atoms with Gasteiger partial charge in [-0.2, -0.15) is 0 Å². The van der Waals surface area contributed by atoms with Gasteiger partial charge in [-0.05, 0) is 99.6 Å². The molecule has 2 aliphatic heterocycles. The molecule has 228 valence electrons. The van der Waals surface area contributed by atoms with Crippen LogP contribution >= 0.6 is 0 Å². The minimum Gasteiger partial charge on any atom is -0.462 e. The Morgan fingerprint density at radius 3 is 2.61 bits per heavy atom. The lowest BCUT2D eigenvalue weighted by molar-refractivity contribution is -0.204. The number of fused-ring (bicyclic) bond motifs is 5. The number of nitrogens with one attached hydrogen (secondary N) is 2. The third kappa shape index (κ3) is 4.98. The maximum Gasteiger partial charge on any atom is 0.331 e. The summed E-state index contributed by atoms with van der Waals surface area (Å²) in [6.07, 6.45) is 10.8. The maximum atomic E-state index is 12.7. The second kappa shape index (κ2) is 10.9. The third-order valence-electron chi connectivity index (χ3n) is 12.5. The average Bonchev–Trinajstić information content (AvgIpc) is 3.62. The Kier molecular flexibility index (Phi) is 7.67. The van der Waals surface area contributed by atoms with Crippen molar-refractivity contribution in [2.75, 3.05) is 32.8 Å². The molecule has 2 amide bonds. The van der Waals surface area contributed by atoms with Gasteiger partial charge in [0.25, 0.3) is 0 Å². The van der Waals surface area contributed by atoms with Crippen LogP contribution < -0.4 is 10.6 Å². The number of esters is 2. The standard InChI is InChI=1S/C32H49N3O6/c1-20(36)41-26-18-32(39)25-7-6-22-17-23(34-29(38)33-12-15-35-13-4-5-14-35)8-10-30(22,2)24(25)9-11-31(32,3)28(26)21-16-27(37)40-19-21/h16,22-26,28,39H,4-15,17-19H2,1-3H3,(H2,33,34,38)/t22-,23+,24+,25-,26+,28+,30+,31-,32+/m1/s1. The highest BCUT2D eigenvalue weighted by molar-refractivity contribution is 5.85. The summed E-state index contributed by atoms with van der Waals surface area (Å²) in [7, 11) is 0. The zero-order valence-electron chi connectivity index (χ0n) is 25.1. The molecule has 0 radical (unpaired) electrons. The molecule has 6 rings (SSSR count). The van der Waals surface area contributed by atoms with Gasteiger partial charge in [0.05, 0.1) is 5.60 Å². The summed E-state index contributed by atoms with van der Waals surface area (Å²) < 4.78 is 11.1. The van der Waals surface area contributed by atoms with E-state index in [9.17, 15) is 19.5 Å². The molecule has 4 aliphatic carbocycles. The summed E-state index contributed by atoms with van der Waals surface area (Å²) in [5.41, 5.74) is -0.525. The minimum absolute atomic E-state index is 0.0496. The Morgan fingerprint density at radius 2 is 1.90 bits per heavy atom. The fourth-order valence-corrected chi connectivity index (χ4v) is 10.5. The van der Waals surface area contributed by atoms with Gasteiger partial charge in [-0.15, -0.1) is 0 Å². The SMILES string of the molecule is CC(=O)O[C@H]1C[C@]2(O)[C@@H]3CC[C@@H]4C[C@@H](NC(=O)NCCN5CCCC5)CC[C@]4(C)[C@H]3CC[C@]2(C)[C@H]1C1=CC(=O)OC1. The quantitative estimate of drug-likeness (QED) is 0.418. The molecule has 9 heteroatoms. The summed E-state index contributed by atoms with van der Waals surface area (Å²) in [5, 5.41) is 19.0. The van der Waals surface area contributed by atoms with E-state index in [0.717, 1.165) is 70.2 Å². The fraction of sp³-hybridized carbons (Fsp3) is 0.844. The number of hydrogen-bond donors (Lipinski definition) is 3. The molecule has 6 aliphatic rings. The molecule has 3 N–H and O–H groups in total. The molecule has 0 spiro atoms. The number of rotatable bonds is 6. The molecule has 0 aromatic carbocycles. The zero-order chi connectivity index (χ0) is 29.0. The lowest BCUT2D eigenvalue weighted by Crippen LogP contribution is -2.63. The Balaban J connectivity index is 1.13. The molecular formula is C32H49N3O6. The molecule has 2 heterocycles. The van der Waals surface area contributed by atoms with Crippen molar-refractivity contribution in [1.29, 1.82) is 0 Å². The number of amides is 2. The summed E-state index contributed by atoms with van der Waals surface area (Å²) in [4.78, 5) is 39.2. The van der Waals surface area contributed by atoms with E-state index in [0.29, 0.717) is 24.8 Å². The van der Waals surface area contributed by atoms with E-state index in [1.165, 1.54) is 19.8 Å². The number of ether oxygens (including phenoxy) is 2. The van der Waals surface area contributed by atoms with Crippen LogP contribution in [0.3, 0.4) is 0 Å². The van der Waals surface area contributed by atoms with Gasteiger partial charge in [0.15, 0.2) is 0 Å². The van der Waals surface area contributed by atoms with E-state index in [2.05, 4.69) is 29.4 Å². The first-order valence-electron chi connectivity index (χ1n) is 16.1. The predicted octanol–water partition coefficient (Wildman–Crippen LogP) is 3.55.